The second-order valence-corrected chi connectivity index (χ2v) is 8.20. The largest absolute Gasteiger partial charge is 0.497 e. The molecule has 3 rings (SSSR count). The lowest BCUT2D eigenvalue weighted by Crippen LogP contribution is -2.50. The number of hydrogen-bond donors (Lipinski definition) is 1. The lowest BCUT2D eigenvalue weighted by atomic mass is 10.1. The van der Waals surface area contributed by atoms with Gasteiger partial charge in [-0.25, -0.2) is 0 Å². The van der Waals surface area contributed by atoms with E-state index in [1.165, 1.54) is 0 Å². The van der Waals surface area contributed by atoms with Crippen LogP contribution in [0.2, 0.25) is 0 Å². The molecule has 0 saturated carbocycles. The van der Waals surface area contributed by atoms with E-state index in [2.05, 4.69) is 12.2 Å². The number of benzene rings is 3. The fraction of sp³-hybridized carbons (Fsp3) is 0.357. The number of unbranched alkanes of at least 4 members (excludes halogenated alkanes) is 1. The minimum absolute atomic E-state index is 0.136. The lowest BCUT2D eigenvalue weighted by Gasteiger charge is -2.30. The predicted molar refractivity (Wildman–Crippen MR) is 135 cm³/mol. The molecule has 3 aromatic rings. The number of nitrogens with one attached hydrogen (secondary N) is 1. The van der Waals surface area contributed by atoms with E-state index < -0.39 is 6.04 Å². The van der Waals surface area contributed by atoms with Crippen molar-refractivity contribution in [1.82, 2.24) is 10.2 Å². The third kappa shape index (κ3) is 6.50. The first-order valence-corrected chi connectivity index (χ1v) is 11.9. The molecule has 1 unspecified atom stereocenters. The highest BCUT2D eigenvalue weighted by molar-refractivity contribution is 5.90. The van der Waals surface area contributed by atoms with Crippen molar-refractivity contribution in [2.24, 2.45) is 0 Å². The third-order valence-electron chi connectivity index (χ3n) is 5.83. The number of amides is 2. The fourth-order valence-corrected chi connectivity index (χ4v) is 3.90. The van der Waals surface area contributed by atoms with Crippen LogP contribution in [0.1, 0.15) is 38.7 Å². The Labute approximate surface area is 201 Å². The van der Waals surface area contributed by atoms with Crippen LogP contribution in [-0.2, 0) is 16.1 Å². The number of carbonyl (C=O) groups excluding carboxylic acids is 2. The molecule has 0 aliphatic carbocycles. The average molecular weight is 463 g/mol. The van der Waals surface area contributed by atoms with E-state index >= 15 is 0 Å². The van der Waals surface area contributed by atoms with Crippen molar-refractivity contribution in [3.8, 4) is 11.5 Å². The van der Waals surface area contributed by atoms with E-state index in [1.807, 2.05) is 73.7 Å². The van der Waals surface area contributed by atoms with Gasteiger partial charge in [-0.05, 0) is 42.0 Å². The Morgan fingerprint density at radius 2 is 1.71 bits per heavy atom. The molecule has 6 nitrogen and oxygen atoms in total. The van der Waals surface area contributed by atoms with Crippen molar-refractivity contribution in [2.75, 3.05) is 20.3 Å². The number of fused-ring (bicyclic) bond motifs is 1. The van der Waals surface area contributed by atoms with E-state index in [1.54, 1.807) is 12.0 Å². The topological polar surface area (TPSA) is 67.9 Å². The fourth-order valence-electron chi connectivity index (χ4n) is 3.90. The van der Waals surface area contributed by atoms with Crippen LogP contribution in [0.5, 0.6) is 11.5 Å². The summed E-state index contributed by atoms with van der Waals surface area (Å²) in [6.07, 6.45) is 2.40. The van der Waals surface area contributed by atoms with Crippen molar-refractivity contribution in [3.63, 3.8) is 0 Å². The number of ether oxygens (including phenoxy) is 2. The van der Waals surface area contributed by atoms with Gasteiger partial charge in [-0.2, -0.15) is 0 Å². The van der Waals surface area contributed by atoms with Gasteiger partial charge in [-0.1, -0.05) is 68.8 Å². The summed E-state index contributed by atoms with van der Waals surface area (Å²) in [6, 6.07) is 20.6. The van der Waals surface area contributed by atoms with Crippen LogP contribution in [0, 0.1) is 0 Å². The third-order valence-corrected chi connectivity index (χ3v) is 5.83. The molecule has 0 saturated heterocycles. The van der Waals surface area contributed by atoms with Crippen molar-refractivity contribution in [1.29, 1.82) is 0 Å². The van der Waals surface area contributed by atoms with Crippen LogP contribution in [0.25, 0.3) is 10.8 Å². The van der Waals surface area contributed by atoms with Gasteiger partial charge in [0.2, 0.25) is 5.91 Å². The van der Waals surface area contributed by atoms with Crippen LogP contribution in [0.4, 0.5) is 0 Å². The van der Waals surface area contributed by atoms with Gasteiger partial charge < -0.3 is 19.7 Å². The molecule has 0 radical (unpaired) electrons. The maximum absolute atomic E-state index is 13.4. The zero-order chi connectivity index (χ0) is 24.3. The maximum atomic E-state index is 13.4. The van der Waals surface area contributed by atoms with Gasteiger partial charge >= 0.3 is 0 Å². The quantitative estimate of drug-likeness (QED) is 0.387. The molecule has 0 aromatic heterocycles. The first kappa shape index (κ1) is 25.1. The highest BCUT2D eigenvalue weighted by Gasteiger charge is 2.29. The number of hydrogen-bond acceptors (Lipinski definition) is 4. The summed E-state index contributed by atoms with van der Waals surface area (Å²) in [5, 5.41) is 4.97. The Balaban J connectivity index is 1.80. The van der Waals surface area contributed by atoms with Crippen molar-refractivity contribution < 1.29 is 19.1 Å². The molecule has 0 aliphatic heterocycles. The van der Waals surface area contributed by atoms with E-state index in [9.17, 15) is 9.59 Å². The highest BCUT2D eigenvalue weighted by atomic mass is 16.5. The van der Waals surface area contributed by atoms with Crippen LogP contribution >= 0.6 is 0 Å². The highest BCUT2D eigenvalue weighted by Crippen LogP contribution is 2.25. The summed E-state index contributed by atoms with van der Waals surface area (Å²) in [5.41, 5.74) is 0.916. The molecule has 0 fully saturated rings. The minimum Gasteiger partial charge on any atom is -0.497 e. The molecule has 6 heteroatoms. The van der Waals surface area contributed by atoms with E-state index in [0.29, 0.717) is 25.3 Å². The van der Waals surface area contributed by atoms with Gasteiger partial charge in [0.15, 0.2) is 6.61 Å². The molecule has 34 heavy (non-hydrogen) atoms. The molecular weight excluding hydrogens is 428 g/mol. The van der Waals surface area contributed by atoms with Crippen molar-refractivity contribution in [3.05, 3.63) is 72.3 Å². The summed E-state index contributed by atoms with van der Waals surface area (Å²) in [6.45, 7) is 4.75. The molecule has 0 bridgehead atoms. The van der Waals surface area contributed by atoms with Crippen LogP contribution in [0.15, 0.2) is 66.7 Å². The van der Waals surface area contributed by atoms with Gasteiger partial charge in [0.25, 0.3) is 5.91 Å². The molecule has 0 heterocycles. The summed E-state index contributed by atoms with van der Waals surface area (Å²) in [4.78, 5) is 28.0. The molecule has 1 atom stereocenters. The van der Waals surface area contributed by atoms with Crippen LogP contribution in [-0.4, -0.2) is 43.0 Å². The zero-order valence-electron chi connectivity index (χ0n) is 20.3. The molecule has 0 spiro atoms. The SMILES string of the molecule is CCCCNC(=O)C(CC)N(Cc1ccc(OC)cc1)C(=O)COc1cccc2ccccc12. The van der Waals surface area contributed by atoms with E-state index in [4.69, 9.17) is 9.47 Å². The Morgan fingerprint density at radius 1 is 0.971 bits per heavy atom. The number of nitrogens with zero attached hydrogens (tertiary/aromatic N) is 1. The lowest BCUT2D eigenvalue weighted by molar-refractivity contribution is -0.142. The summed E-state index contributed by atoms with van der Waals surface area (Å²) in [5.74, 6) is 1.02. The van der Waals surface area contributed by atoms with Gasteiger partial charge in [-0.3, -0.25) is 9.59 Å². The zero-order valence-corrected chi connectivity index (χ0v) is 20.3. The summed E-state index contributed by atoms with van der Waals surface area (Å²) < 4.78 is 11.2. The van der Waals surface area contributed by atoms with Gasteiger partial charge in [-0.15, -0.1) is 0 Å². The smallest absolute Gasteiger partial charge is 0.261 e. The molecule has 1 N–H and O–H groups in total. The molecule has 0 aliphatic rings. The molecule has 180 valence electrons. The number of carbonyl (C=O) groups is 2. The molecular formula is C28H34N2O4. The van der Waals surface area contributed by atoms with E-state index in [0.717, 1.165) is 34.9 Å². The first-order valence-electron chi connectivity index (χ1n) is 11.9. The van der Waals surface area contributed by atoms with Crippen molar-refractivity contribution >= 4 is 22.6 Å². The summed E-state index contributed by atoms with van der Waals surface area (Å²) >= 11 is 0. The van der Waals surface area contributed by atoms with Gasteiger partial charge in [0.1, 0.15) is 17.5 Å². The maximum Gasteiger partial charge on any atom is 0.261 e. The predicted octanol–water partition coefficient (Wildman–Crippen LogP) is 4.95. The Morgan fingerprint density at radius 3 is 2.41 bits per heavy atom. The standard InChI is InChI=1S/C28H34N2O4/c1-4-6-18-29-28(32)25(5-2)30(19-21-14-16-23(33-3)17-15-21)27(31)20-34-26-13-9-11-22-10-7-8-12-24(22)26/h7-17,25H,4-6,18-20H2,1-3H3,(H,29,32). The van der Waals surface area contributed by atoms with Gasteiger partial charge in [0, 0.05) is 18.5 Å². The Bertz CT molecular complexity index is 1080. The normalized spacial score (nSPS) is 11.6. The molecule has 2 amide bonds. The Hall–Kier alpha value is -3.54. The van der Waals surface area contributed by atoms with Crippen LogP contribution < -0.4 is 14.8 Å². The first-order chi connectivity index (χ1) is 16.6. The van der Waals surface area contributed by atoms with Gasteiger partial charge in [0.05, 0.1) is 7.11 Å². The monoisotopic (exact) mass is 462 g/mol. The molecule has 3 aromatic carbocycles. The van der Waals surface area contributed by atoms with Crippen LogP contribution in [0.3, 0.4) is 0 Å². The summed E-state index contributed by atoms with van der Waals surface area (Å²) in [7, 11) is 1.61. The second kappa shape index (κ2) is 12.6. The number of methoxy groups -OCH3 is 1. The second-order valence-electron chi connectivity index (χ2n) is 8.20. The minimum atomic E-state index is -0.581. The van der Waals surface area contributed by atoms with E-state index in [-0.39, 0.29) is 18.4 Å². The average Bonchev–Trinajstić information content (AvgIpc) is 2.87. The van der Waals surface area contributed by atoms with Crippen molar-refractivity contribution in [2.45, 2.75) is 45.7 Å². The number of rotatable bonds is 12. The Kier molecular flexibility index (Phi) is 9.32.